The molecule has 0 spiro atoms. The third-order valence-electron chi connectivity index (χ3n) is 2.00. The van der Waals surface area contributed by atoms with Crippen LogP contribution >= 0.6 is 11.6 Å². The number of hydrogen-bond acceptors (Lipinski definition) is 5. The van der Waals surface area contributed by atoms with Crippen LogP contribution in [0.5, 0.6) is 0 Å². The number of amides is 1. The molecule has 0 unspecified atom stereocenters. The van der Waals surface area contributed by atoms with Gasteiger partial charge in [0.25, 0.3) is 5.91 Å². The molecule has 0 aliphatic rings. The van der Waals surface area contributed by atoms with Gasteiger partial charge in [0.05, 0.1) is 0 Å². The van der Waals surface area contributed by atoms with E-state index in [0.717, 1.165) is 10.4 Å². The van der Waals surface area contributed by atoms with E-state index >= 15 is 0 Å². The van der Waals surface area contributed by atoms with Gasteiger partial charge in [-0.1, -0.05) is 11.6 Å². The molecule has 1 aromatic carbocycles. The van der Waals surface area contributed by atoms with Crippen LogP contribution in [0.25, 0.3) is 11.4 Å². The van der Waals surface area contributed by atoms with Crippen molar-refractivity contribution in [3.63, 3.8) is 0 Å². The first-order chi connectivity index (χ1) is 8.19. The average Bonchev–Trinajstić information content (AvgIpc) is 2.78. The normalized spacial score (nSPS) is 10.2. The van der Waals surface area contributed by atoms with Gasteiger partial charge in [-0.25, -0.2) is 5.84 Å². The van der Waals surface area contributed by atoms with E-state index in [0.29, 0.717) is 10.8 Å². The summed E-state index contributed by atoms with van der Waals surface area (Å²) in [7, 11) is 0. The van der Waals surface area contributed by atoms with Crippen LogP contribution in [0.3, 0.4) is 0 Å². The third-order valence-corrected chi connectivity index (χ3v) is 2.25. The van der Waals surface area contributed by atoms with Gasteiger partial charge in [0.2, 0.25) is 5.82 Å². The summed E-state index contributed by atoms with van der Waals surface area (Å²) >= 11 is 5.76. The Morgan fingerprint density at radius 1 is 1.41 bits per heavy atom. The van der Waals surface area contributed by atoms with Crippen LogP contribution in [0.1, 0.15) is 0 Å². The molecular formula is C9H9ClN6O. The Balaban J connectivity index is 2.18. The molecular weight excluding hydrogens is 244 g/mol. The second-order valence-electron chi connectivity index (χ2n) is 3.22. The largest absolute Gasteiger partial charge is 0.293 e. The van der Waals surface area contributed by atoms with Crippen molar-refractivity contribution in [2.24, 2.45) is 5.84 Å². The minimum atomic E-state index is -0.398. The molecule has 0 bridgehead atoms. The molecule has 1 heterocycles. The molecule has 0 aliphatic carbocycles. The fourth-order valence-corrected chi connectivity index (χ4v) is 1.32. The molecule has 2 aromatic rings. The van der Waals surface area contributed by atoms with Crippen LogP contribution in [0.4, 0.5) is 0 Å². The Morgan fingerprint density at radius 3 is 2.76 bits per heavy atom. The Labute approximate surface area is 102 Å². The van der Waals surface area contributed by atoms with Crippen molar-refractivity contribution < 1.29 is 4.79 Å². The summed E-state index contributed by atoms with van der Waals surface area (Å²) in [4.78, 5) is 12.1. The fourth-order valence-electron chi connectivity index (χ4n) is 1.20. The number of nitrogens with two attached hydrogens (primary N) is 1. The number of nitrogens with one attached hydrogen (secondary N) is 1. The molecule has 88 valence electrons. The summed E-state index contributed by atoms with van der Waals surface area (Å²) in [5, 5.41) is 12.2. The SMILES string of the molecule is NNC(=O)Cn1nnc(-c2ccc(Cl)cc2)n1. The predicted octanol–water partition coefficient (Wildman–Crippen LogP) is -0.0166. The summed E-state index contributed by atoms with van der Waals surface area (Å²) in [5.41, 5.74) is 2.76. The summed E-state index contributed by atoms with van der Waals surface area (Å²) < 4.78 is 0. The Morgan fingerprint density at radius 2 is 2.12 bits per heavy atom. The van der Waals surface area contributed by atoms with E-state index in [-0.39, 0.29) is 6.54 Å². The van der Waals surface area contributed by atoms with Crippen LogP contribution < -0.4 is 11.3 Å². The molecule has 3 N–H and O–H groups in total. The maximum atomic E-state index is 11.0. The van der Waals surface area contributed by atoms with Crippen LogP contribution in [0.15, 0.2) is 24.3 Å². The van der Waals surface area contributed by atoms with E-state index in [1.54, 1.807) is 24.3 Å². The lowest BCUT2D eigenvalue weighted by Crippen LogP contribution is -2.33. The van der Waals surface area contributed by atoms with Crippen LogP contribution in [0, 0.1) is 0 Å². The molecule has 0 radical (unpaired) electrons. The van der Waals surface area contributed by atoms with E-state index in [1.165, 1.54) is 0 Å². The van der Waals surface area contributed by atoms with Crippen molar-refractivity contribution in [1.82, 2.24) is 25.6 Å². The van der Waals surface area contributed by atoms with Crippen molar-refractivity contribution in [1.29, 1.82) is 0 Å². The first-order valence-electron chi connectivity index (χ1n) is 4.72. The summed E-state index contributed by atoms with van der Waals surface area (Å²) in [6.45, 7) is -0.0723. The lowest BCUT2D eigenvalue weighted by Gasteiger charge is -1.96. The molecule has 1 amide bonds. The van der Waals surface area contributed by atoms with Crippen LogP contribution in [0.2, 0.25) is 5.02 Å². The topological polar surface area (TPSA) is 98.7 Å². The van der Waals surface area contributed by atoms with Gasteiger partial charge >= 0.3 is 0 Å². The van der Waals surface area contributed by atoms with Gasteiger partial charge in [0.1, 0.15) is 6.54 Å². The van der Waals surface area contributed by atoms with E-state index in [9.17, 15) is 4.79 Å². The van der Waals surface area contributed by atoms with Gasteiger partial charge in [-0.2, -0.15) is 4.80 Å². The van der Waals surface area contributed by atoms with E-state index in [1.807, 2.05) is 5.43 Å². The number of carbonyl (C=O) groups excluding carboxylic acids is 1. The lowest BCUT2D eigenvalue weighted by molar-refractivity contribution is -0.122. The van der Waals surface area contributed by atoms with Crippen molar-refractivity contribution in [3.05, 3.63) is 29.3 Å². The number of halogens is 1. The number of rotatable bonds is 3. The molecule has 0 fully saturated rings. The predicted molar refractivity (Wildman–Crippen MR) is 60.6 cm³/mol. The highest BCUT2D eigenvalue weighted by atomic mass is 35.5. The molecule has 0 aliphatic heterocycles. The second kappa shape index (κ2) is 4.89. The molecule has 0 saturated carbocycles. The number of hydrazine groups is 1. The number of aromatic nitrogens is 4. The second-order valence-corrected chi connectivity index (χ2v) is 3.65. The maximum absolute atomic E-state index is 11.0. The van der Waals surface area contributed by atoms with Gasteiger partial charge in [0.15, 0.2) is 0 Å². The number of carbonyl (C=O) groups is 1. The third kappa shape index (κ3) is 2.77. The molecule has 8 heteroatoms. The number of hydrogen-bond donors (Lipinski definition) is 2. The molecule has 0 saturated heterocycles. The molecule has 1 aromatic heterocycles. The first kappa shape index (κ1) is 11.5. The molecule has 17 heavy (non-hydrogen) atoms. The zero-order valence-electron chi connectivity index (χ0n) is 8.67. The van der Waals surface area contributed by atoms with Gasteiger partial charge in [-0.05, 0) is 29.5 Å². The zero-order chi connectivity index (χ0) is 12.3. The number of tetrazole rings is 1. The molecule has 7 nitrogen and oxygen atoms in total. The molecule has 2 rings (SSSR count). The quantitative estimate of drug-likeness (QED) is 0.455. The zero-order valence-corrected chi connectivity index (χ0v) is 9.42. The van der Waals surface area contributed by atoms with Crippen LogP contribution in [-0.2, 0) is 11.3 Å². The van der Waals surface area contributed by atoms with Gasteiger partial charge in [0, 0.05) is 10.6 Å². The fraction of sp³-hybridized carbons (Fsp3) is 0.111. The standard InChI is InChI=1S/C9H9ClN6O/c10-7-3-1-6(2-4-7)9-13-15-16(14-9)5-8(17)12-11/h1-4H,5,11H2,(H,12,17). The van der Waals surface area contributed by atoms with Crippen molar-refractivity contribution in [2.45, 2.75) is 6.54 Å². The monoisotopic (exact) mass is 252 g/mol. The summed E-state index contributed by atoms with van der Waals surface area (Å²) in [6, 6.07) is 6.99. The Bertz CT molecular complexity index is 523. The summed E-state index contributed by atoms with van der Waals surface area (Å²) in [6.07, 6.45) is 0. The minimum Gasteiger partial charge on any atom is -0.293 e. The van der Waals surface area contributed by atoms with Crippen molar-refractivity contribution in [3.8, 4) is 11.4 Å². The van der Waals surface area contributed by atoms with E-state index in [2.05, 4.69) is 15.4 Å². The van der Waals surface area contributed by atoms with E-state index in [4.69, 9.17) is 17.4 Å². The van der Waals surface area contributed by atoms with E-state index < -0.39 is 5.91 Å². The molecule has 0 atom stereocenters. The highest BCUT2D eigenvalue weighted by molar-refractivity contribution is 6.30. The van der Waals surface area contributed by atoms with Gasteiger partial charge in [-0.15, -0.1) is 10.2 Å². The Kier molecular flexibility index (Phi) is 3.31. The number of nitrogens with zero attached hydrogens (tertiary/aromatic N) is 4. The van der Waals surface area contributed by atoms with Gasteiger partial charge in [-0.3, -0.25) is 10.2 Å². The summed E-state index contributed by atoms with van der Waals surface area (Å²) in [5.74, 6) is 4.98. The highest BCUT2D eigenvalue weighted by Gasteiger charge is 2.08. The maximum Gasteiger partial charge on any atom is 0.257 e. The van der Waals surface area contributed by atoms with Crippen LogP contribution in [-0.4, -0.2) is 26.1 Å². The lowest BCUT2D eigenvalue weighted by atomic mass is 10.2. The van der Waals surface area contributed by atoms with Crippen molar-refractivity contribution >= 4 is 17.5 Å². The number of benzene rings is 1. The minimum absolute atomic E-state index is 0.0723. The smallest absolute Gasteiger partial charge is 0.257 e. The van der Waals surface area contributed by atoms with Crippen molar-refractivity contribution in [2.75, 3.05) is 0 Å². The first-order valence-corrected chi connectivity index (χ1v) is 5.10. The highest BCUT2D eigenvalue weighted by Crippen LogP contribution is 2.16. The Hall–Kier alpha value is -1.99. The average molecular weight is 253 g/mol. The van der Waals surface area contributed by atoms with Gasteiger partial charge < -0.3 is 0 Å².